The zero-order valence-corrected chi connectivity index (χ0v) is 18.8. The predicted molar refractivity (Wildman–Crippen MR) is 122 cm³/mol. The van der Waals surface area contributed by atoms with Crippen LogP contribution >= 0.6 is 0 Å². The van der Waals surface area contributed by atoms with E-state index in [-0.39, 0.29) is 23.9 Å². The predicted octanol–water partition coefficient (Wildman–Crippen LogP) is 4.29. The first kappa shape index (κ1) is 22.7. The number of carbonyl (C=O) groups excluding carboxylic acids is 1. The van der Waals surface area contributed by atoms with Gasteiger partial charge in [0.2, 0.25) is 0 Å². The number of piperidine rings is 1. The van der Waals surface area contributed by atoms with Crippen molar-refractivity contribution in [3.63, 3.8) is 0 Å². The van der Waals surface area contributed by atoms with Gasteiger partial charge in [-0.3, -0.25) is 9.36 Å². The van der Waals surface area contributed by atoms with Gasteiger partial charge in [0.15, 0.2) is 0 Å². The van der Waals surface area contributed by atoms with Crippen molar-refractivity contribution in [1.29, 1.82) is 0 Å². The second-order valence-electron chi connectivity index (χ2n) is 8.63. The molecule has 2 heterocycles. The van der Waals surface area contributed by atoms with Crippen LogP contribution in [0.4, 0.5) is 10.5 Å². The third-order valence-corrected chi connectivity index (χ3v) is 5.09. The molecule has 7 heteroatoms. The number of hydrogen-bond donors (Lipinski definition) is 1. The van der Waals surface area contributed by atoms with Gasteiger partial charge in [0.1, 0.15) is 11.9 Å². The number of anilines is 1. The minimum Gasteiger partial charge on any atom is -0.490 e. The van der Waals surface area contributed by atoms with Gasteiger partial charge in [-0.25, -0.2) is 4.79 Å². The molecule has 0 saturated carbocycles. The maximum atomic E-state index is 12.6. The van der Waals surface area contributed by atoms with Crippen LogP contribution in [0.2, 0.25) is 0 Å². The minimum atomic E-state index is -0.276. The second-order valence-corrected chi connectivity index (χ2v) is 8.63. The van der Waals surface area contributed by atoms with Gasteiger partial charge in [0.05, 0.1) is 6.10 Å². The Labute approximate surface area is 184 Å². The first-order chi connectivity index (χ1) is 14.8. The van der Waals surface area contributed by atoms with Crippen LogP contribution in [0.3, 0.4) is 0 Å². The lowest BCUT2D eigenvalue weighted by Gasteiger charge is -2.32. The molecule has 1 aromatic carbocycles. The summed E-state index contributed by atoms with van der Waals surface area (Å²) < 4.78 is 12.9. The maximum absolute atomic E-state index is 12.6. The van der Waals surface area contributed by atoms with Crippen molar-refractivity contribution in [2.75, 3.05) is 25.0 Å². The van der Waals surface area contributed by atoms with E-state index < -0.39 is 0 Å². The highest BCUT2D eigenvalue weighted by Gasteiger charge is 2.25. The Morgan fingerprint density at radius 1 is 1.10 bits per heavy atom. The summed E-state index contributed by atoms with van der Waals surface area (Å²) in [6.07, 6.45) is 2.73. The van der Waals surface area contributed by atoms with Gasteiger partial charge in [-0.15, -0.1) is 0 Å². The summed E-state index contributed by atoms with van der Waals surface area (Å²) in [6, 6.07) is 11.1. The molecular weight excluding hydrogens is 394 g/mol. The summed E-state index contributed by atoms with van der Waals surface area (Å²) in [5.41, 5.74) is 1.70. The van der Waals surface area contributed by atoms with E-state index in [1.165, 1.54) is 6.07 Å². The van der Waals surface area contributed by atoms with Crippen LogP contribution < -0.4 is 15.6 Å². The van der Waals surface area contributed by atoms with Crippen LogP contribution in [0, 0.1) is 5.92 Å². The minimum absolute atomic E-state index is 0.0235. The van der Waals surface area contributed by atoms with E-state index in [4.69, 9.17) is 9.47 Å². The van der Waals surface area contributed by atoms with Crippen molar-refractivity contribution in [2.24, 2.45) is 5.92 Å². The van der Waals surface area contributed by atoms with Crippen LogP contribution in [0.25, 0.3) is 5.69 Å². The summed E-state index contributed by atoms with van der Waals surface area (Å²) in [6.45, 7) is 10.1. The Kier molecular flexibility index (Phi) is 7.60. The number of rotatable bonds is 7. The van der Waals surface area contributed by atoms with Crippen molar-refractivity contribution >= 4 is 11.8 Å². The zero-order valence-electron chi connectivity index (χ0n) is 18.8. The molecule has 0 bridgehead atoms. The van der Waals surface area contributed by atoms with E-state index in [1.54, 1.807) is 15.7 Å². The average Bonchev–Trinajstić information content (AvgIpc) is 2.73. The lowest BCUT2D eigenvalue weighted by atomic mass is 10.1. The first-order valence-electron chi connectivity index (χ1n) is 11.0. The monoisotopic (exact) mass is 427 g/mol. The molecule has 1 aliphatic rings. The molecule has 31 heavy (non-hydrogen) atoms. The fraction of sp³-hybridized carbons (Fsp3) is 0.500. The Bertz CT molecular complexity index is 913. The summed E-state index contributed by atoms with van der Waals surface area (Å²) >= 11 is 0. The van der Waals surface area contributed by atoms with Crippen LogP contribution in [-0.2, 0) is 4.74 Å². The standard InChI is InChI=1S/C24H33N3O4/c1-17(2)16-25-19-5-7-20(8-6-19)27-14-11-22(15-23(27)28)31-21-9-12-26(13-10-21)24(29)30-18(3)4/h5-8,11,14-15,17-18,21,25H,9-10,12-13,16H2,1-4H3. The van der Waals surface area contributed by atoms with Crippen molar-refractivity contribution in [2.45, 2.75) is 52.7 Å². The molecule has 7 nitrogen and oxygen atoms in total. The van der Waals surface area contributed by atoms with Crippen molar-refractivity contribution < 1.29 is 14.3 Å². The highest BCUT2D eigenvalue weighted by molar-refractivity contribution is 5.67. The third kappa shape index (κ3) is 6.51. The Morgan fingerprint density at radius 2 is 1.77 bits per heavy atom. The molecule has 168 valence electrons. The van der Waals surface area contributed by atoms with Gasteiger partial charge in [0.25, 0.3) is 5.56 Å². The number of nitrogens with one attached hydrogen (secondary N) is 1. The number of amides is 1. The molecule has 1 fully saturated rings. The first-order valence-corrected chi connectivity index (χ1v) is 11.0. The molecule has 0 unspecified atom stereocenters. The molecule has 0 radical (unpaired) electrons. The van der Waals surface area contributed by atoms with Crippen LogP contribution in [0.5, 0.6) is 5.75 Å². The van der Waals surface area contributed by atoms with Gasteiger partial charge in [-0.2, -0.15) is 0 Å². The number of ether oxygens (including phenoxy) is 2. The molecule has 0 atom stereocenters. The number of carbonyl (C=O) groups is 1. The van der Waals surface area contributed by atoms with Crippen LogP contribution in [0.15, 0.2) is 47.4 Å². The largest absolute Gasteiger partial charge is 0.490 e. The van der Waals surface area contributed by atoms with Crippen molar-refractivity contribution in [3.8, 4) is 11.4 Å². The van der Waals surface area contributed by atoms with E-state index in [9.17, 15) is 9.59 Å². The quantitative estimate of drug-likeness (QED) is 0.713. The van der Waals surface area contributed by atoms with Gasteiger partial charge < -0.3 is 19.7 Å². The number of likely N-dealkylation sites (tertiary alicyclic amines) is 1. The molecule has 0 aliphatic carbocycles. The summed E-state index contributed by atoms with van der Waals surface area (Å²) in [7, 11) is 0. The number of benzene rings is 1. The Hall–Kier alpha value is -2.96. The highest BCUT2D eigenvalue weighted by atomic mass is 16.6. The topological polar surface area (TPSA) is 72.8 Å². The molecule has 2 aromatic rings. The van der Waals surface area contributed by atoms with Gasteiger partial charge in [-0.1, -0.05) is 13.8 Å². The molecule has 1 aliphatic heterocycles. The molecule has 0 spiro atoms. The Morgan fingerprint density at radius 3 is 2.35 bits per heavy atom. The Balaban J connectivity index is 1.57. The van der Waals surface area contributed by atoms with E-state index in [1.807, 2.05) is 44.2 Å². The molecule has 1 amide bonds. The van der Waals surface area contributed by atoms with Crippen LogP contribution in [0.1, 0.15) is 40.5 Å². The van der Waals surface area contributed by atoms with Crippen molar-refractivity contribution in [3.05, 3.63) is 52.9 Å². The second kappa shape index (κ2) is 10.4. The number of hydrogen-bond acceptors (Lipinski definition) is 5. The average molecular weight is 428 g/mol. The number of aromatic nitrogens is 1. The van der Waals surface area contributed by atoms with E-state index in [0.717, 1.165) is 17.9 Å². The van der Waals surface area contributed by atoms with E-state index >= 15 is 0 Å². The van der Waals surface area contributed by atoms with Gasteiger partial charge in [-0.05, 0) is 50.1 Å². The lowest BCUT2D eigenvalue weighted by Crippen LogP contribution is -2.42. The van der Waals surface area contributed by atoms with E-state index in [0.29, 0.717) is 37.6 Å². The van der Waals surface area contributed by atoms with Crippen molar-refractivity contribution in [1.82, 2.24) is 9.47 Å². The lowest BCUT2D eigenvalue weighted by molar-refractivity contribution is 0.0516. The zero-order chi connectivity index (χ0) is 22.4. The normalized spacial score (nSPS) is 14.7. The summed E-state index contributed by atoms with van der Waals surface area (Å²) in [5.74, 6) is 1.12. The molecule has 1 aromatic heterocycles. The highest BCUT2D eigenvalue weighted by Crippen LogP contribution is 2.19. The smallest absolute Gasteiger partial charge is 0.410 e. The number of nitrogens with zero attached hydrogens (tertiary/aromatic N) is 2. The summed E-state index contributed by atoms with van der Waals surface area (Å²) in [5, 5.41) is 3.37. The molecule has 1 saturated heterocycles. The fourth-order valence-electron chi connectivity index (χ4n) is 3.43. The van der Waals surface area contributed by atoms with E-state index in [2.05, 4.69) is 19.2 Å². The number of pyridine rings is 1. The maximum Gasteiger partial charge on any atom is 0.410 e. The van der Waals surface area contributed by atoms with Gasteiger partial charge >= 0.3 is 6.09 Å². The fourth-order valence-corrected chi connectivity index (χ4v) is 3.43. The molecule has 3 rings (SSSR count). The molecular formula is C24H33N3O4. The third-order valence-electron chi connectivity index (χ3n) is 5.09. The van der Waals surface area contributed by atoms with Crippen LogP contribution in [-0.4, -0.2) is 47.4 Å². The van der Waals surface area contributed by atoms with Gasteiger partial charge in [0, 0.05) is 56.1 Å². The summed E-state index contributed by atoms with van der Waals surface area (Å²) in [4.78, 5) is 26.3. The molecule has 1 N–H and O–H groups in total. The SMILES string of the molecule is CC(C)CNc1ccc(-n2ccc(OC3CCN(C(=O)OC(C)C)CC3)cc2=O)cc1.